The van der Waals surface area contributed by atoms with E-state index >= 15 is 0 Å². The summed E-state index contributed by atoms with van der Waals surface area (Å²) in [5.41, 5.74) is 0.659. The Morgan fingerprint density at radius 1 is 1.58 bits per heavy atom. The number of aliphatic hydroxyl groups excluding tert-OH is 1. The Morgan fingerprint density at radius 2 is 2.32 bits per heavy atom. The highest BCUT2D eigenvalue weighted by atomic mass is 16.5. The van der Waals surface area contributed by atoms with Crippen LogP contribution in [0.25, 0.3) is 0 Å². The van der Waals surface area contributed by atoms with Gasteiger partial charge in [0.05, 0.1) is 26.3 Å². The first-order valence-corrected chi connectivity index (χ1v) is 5.76. The summed E-state index contributed by atoms with van der Waals surface area (Å²) in [5.74, 6) is 2.04. The van der Waals surface area contributed by atoms with E-state index in [1.54, 1.807) is 31.4 Å². The lowest BCUT2D eigenvalue weighted by molar-refractivity contribution is -0.138. The fourth-order valence-electron chi connectivity index (χ4n) is 1.70. The summed E-state index contributed by atoms with van der Waals surface area (Å²) in [5, 5.41) is 18.9. The van der Waals surface area contributed by atoms with Crippen LogP contribution in [0.15, 0.2) is 24.3 Å². The fourth-order valence-corrected chi connectivity index (χ4v) is 1.70. The number of aliphatic hydroxyl groups is 1. The molecule has 0 saturated heterocycles. The summed E-state index contributed by atoms with van der Waals surface area (Å²) < 4.78 is 5.07. The van der Waals surface area contributed by atoms with Crippen molar-refractivity contribution in [1.82, 2.24) is 4.90 Å². The number of nitrogens with zero attached hydrogens (tertiary/aromatic N) is 1. The van der Waals surface area contributed by atoms with Gasteiger partial charge < -0.3 is 14.9 Å². The number of aliphatic carboxylic acids is 1. The third kappa shape index (κ3) is 5.00. The number of benzene rings is 1. The second kappa shape index (κ2) is 7.41. The van der Waals surface area contributed by atoms with E-state index in [4.69, 9.17) is 16.3 Å². The molecule has 1 atom stereocenters. The Balaban J connectivity index is 2.72. The van der Waals surface area contributed by atoms with E-state index in [9.17, 15) is 9.90 Å². The monoisotopic (exact) mass is 263 g/mol. The maximum absolute atomic E-state index is 10.7. The quantitative estimate of drug-likeness (QED) is 0.710. The molecule has 0 amide bonds. The molecule has 0 fully saturated rings. The van der Waals surface area contributed by atoms with Crippen LogP contribution < -0.4 is 4.74 Å². The van der Waals surface area contributed by atoms with Crippen molar-refractivity contribution in [3.8, 4) is 18.1 Å². The summed E-state index contributed by atoms with van der Waals surface area (Å²) in [6, 6.07) is 6.99. The van der Waals surface area contributed by atoms with Gasteiger partial charge in [0.25, 0.3) is 0 Å². The van der Waals surface area contributed by atoms with Crippen LogP contribution in [0.2, 0.25) is 0 Å². The zero-order valence-corrected chi connectivity index (χ0v) is 10.7. The van der Waals surface area contributed by atoms with Gasteiger partial charge in [0.1, 0.15) is 5.75 Å². The molecule has 1 aromatic rings. The number of rotatable bonds is 7. The predicted molar refractivity (Wildman–Crippen MR) is 70.9 cm³/mol. The standard InChI is InChI=1S/C14H17NO4/c1-3-7-15(10-14(17)18)9-13(16)11-5-4-6-12(8-11)19-2/h1,4-6,8,13,16H,7,9-10H2,2H3,(H,17,18). The second-order valence-corrected chi connectivity index (χ2v) is 4.06. The molecular weight excluding hydrogens is 246 g/mol. The zero-order valence-electron chi connectivity index (χ0n) is 10.7. The molecule has 5 heteroatoms. The van der Waals surface area contributed by atoms with Crippen molar-refractivity contribution in [2.45, 2.75) is 6.10 Å². The lowest BCUT2D eigenvalue weighted by atomic mass is 10.1. The van der Waals surface area contributed by atoms with Crippen LogP contribution in [0.3, 0.4) is 0 Å². The van der Waals surface area contributed by atoms with Crippen LogP contribution in [0.1, 0.15) is 11.7 Å². The largest absolute Gasteiger partial charge is 0.497 e. The summed E-state index contributed by atoms with van der Waals surface area (Å²) in [7, 11) is 1.54. The number of terminal acetylenes is 1. The first kappa shape index (κ1) is 15.0. The average molecular weight is 263 g/mol. The smallest absolute Gasteiger partial charge is 0.317 e. The van der Waals surface area contributed by atoms with Gasteiger partial charge in [0.2, 0.25) is 0 Å². The molecule has 0 bridgehead atoms. The van der Waals surface area contributed by atoms with Crippen LogP contribution >= 0.6 is 0 Å². The molecule has 1 aromatic carbocycles. The highest BCUT2D eigenvalue weighted by molar-refractivity contribution is 5.69. The second-order valence-electron chi connectivity index (χ2n) is 4.06. The summed E-state index contributed by atoms with van der Waals surface area (Å²) >= 11 is 0. The van der Waals surface area contributed by atoms with Crippen LogP contribution in [0.4, 0.5) is 0 Å². The molecule has 5 nitrogen and oxygen atoms in total. The highest BCUT2D eigenvalue weighted by Gasteiger charge is 2.15. The molecule has 102 valence electrons. The van der Waals surface area contributed by atoms with Gasteiger partial charge in [0, 0.05) is 6.54 Å². The van der Waals surface area contributed by atoms with E-state index in [1.807, 2.05) is 0 Å². The molecule has 0 heterocycles. The van der Waals surface area contributed by atoms with Gasteiger partial charge in [-0.2, -0.15) is 0 Å². The molecule has 0 aliphatic heterocycles. The third-order valence-corrected chi connectivity index (χ3v) is 2.58. The number of ether oxygens (including phenoxy) is 1. The molecule has 0 aromatic heterocycles. The molecule has 0 aliphatic carbocycles. The van der Waals surface area contributed by atoms with Crippen molar-refractivity contribution in [2.24, 2.45) is 0 Å². The first-order chi connectivity index (χ1) is 9.06. The minimum atomic E-state index is -0.979. The van der Waals surface area contributed by atoms with Crippen LogP contribution in [0, 0.1) is 12.3 Å². The average Bonchev–Trinajstić information content (AvgIpc) is 2.38. The highest BCUT2D eigenvalue weighted by Crippen LogP contribution is 2.19. The van der Waals surface area contributed by atoms with Gasteiger partial charge >= 0.3 is 5.97 Å². The number of carbonyl (C=O) groups is 1. The third-order valence-electron chi connectivity index (χ3n) is 2.58. The van der Waals surface area contributed by atoms with E-state index in [0.717, 1.165) is 0 Å². The van der Waals surface area contributed by atoms with E-state index in [0.29, 0.717) is 11.3 Å². The molecular formula is C14H17NO4. The Bertz CT molecular complexity index is 467. The molecule has 1 rings (SSSR count). The number of carboxylic acids is 1. The number of hydrogen-bond donors (Lipinski definition) is 2. The summed E-state index contributed by atoms with van der Waals surface area (Å²) in [6.45, 7) is 0.127. The molecule has 0 saturated carbocycles. The molecule has 0 radical (unpaired) electrons. The van der Waals surface area contributed by atoms with Gasteiger partial charge in [-0.3, -0.25) is 9.69 Å². The SMILES string of the molecule is C#CCN(CC(=O)O)CC(O)c1cccc(OC)c1. The van der Waals surface area contributed by atoms with Crippen LogP contribution in [-0.4, -0.2) is 47.8 Å². The van der Waals surface area contributed by atoms with E-state index in [1.165, 1.54) is 4.90 Å². The molecule has 0 aliphatic rings. The molecule has 1 unspecified atom stereocenters. The summed E-state index contributed by atoms with van der Waals surface area (Å²) in [6.07, 6.45) is 4.36. The number of hydrogen-bond acceptors (Lipinski definition) is 4. The van der Waals surface area contributed by atoms with Crippen molar-refractivity contribution in [2.75, 3.05) is 26.7 Å². The maximum atomic E-state index is 10.7. The maximum Gasteiger partial charge on any atom is 0.317 e. The zero-order chi connectivity index (χ0) is 14.3. The topological polar surface area (TPSA) is 70.0 Å². The van der Waals surface area contributed by atoms with Crippen LogP contribution in [0.5, 0.6) is 5.75 Å². The van der Waals surface area contributed by atoms with Crippen molar-refractivity contribution in [1.29, 1.82) is 0 Å². The minimum Gasteiger partial charge on any atom is -0.497 e. The van der Waals surface area contributed by atoms with E-state index in [-0.39, 0.29) is 19.6 Å². The lowest BCUT2D eigenvalue weighted by Crippen LogP contribution is -2.33. The summed E-state index contributed by atoms with van der Waals surface area (Å²) in [4.78, 5) is 12.2. The normalized spacial score (nSPS) is 11.9. The van der Waals surface area contributed by atoms with Gasteiger partial charge in [-0.1, -0.05) is 18.1 Å². The molecule has 2 N–H and O–H groups in total. The first-order valence-electron chi connectivity index (χ1n) is 5.76. The van der Waals surface area contributed by atoms with Gasteiger partial charge in [0.15, 0.2) is 0 Å². The van der Waals surface area contributed by atoms with Crippen molar-refractivity contribution >= 4 is 5.97 Å². The Kier molecular flexibility index (Phi) is 5.86. The van der Waals surface area contributed by atoms with E-state index < -0.39 is 12.1 Å². The van der Waals surface area contributed by atoms with Gasteiger partial charge in [-0.25, -0.2) is 0 Å². The Morgan fingerprint density at radius 3 is 2.89 bits per heavy atom. The molecule has 19 heavy (non-hydrogen) atoms. The minimum absolute atomic E-state index is 0.156. The lowest BCUT2D eigenvalue weighted by Gasteiger charge is -2.21. The van der Waals surface area contributed by atoms with Gasteiger partial charge in [-0.15, -0.1) is 6.42 Å². The van der Waals surface area contributed by atoms with Crippen molar-refractivity contribution in [3.63, 3.8) is 0 Å². The Hall–Kier alpha value is -2.03. The van der Waals surface area contributed by atoms with Crippen LogP contribution in [-0.2, 0) is 4.79 Å². The number of carboxylic acid groups (broad SMARTS) is 1. The molecule has 0 spiro atoms. The van der Waals surface area contributed by atoms with Crippen molar-refractivity contribution in [3.05, 3.63) is 29.8 Å². The van der Waals surface area contributed by atoms with Crippen molar-refractivity contribution < 1.29 is 19.7 Å². The fraction of sp³-hybridized carbons (Fsp3) is 0.357. The Labute approximate surface area is 112 Å². The van der Waals surface area contributed by atoms with E-state index in [2.05, 4.69) is 5.92 Å². The number of methoxy groups -OCH3 is 1. The van der Waals surface area contributed by atoms with Gasteiger partial charge in [-0.05, 0) is 17.7 Å². The predicted octanol–water partition coefficient (Wildman–Crippen LogP) is 0.748.